The van der Waals surface area contributed by atoms with Crippen LogP contribution in [0, 0.1) is 0 Å². The molecule has 1 atom stereocenters. The summed E-state index contributed by atoms with van der Waals surface area (Å²) in [5.74, 6) is -0.385. The van der Waals surface area contributed by atoms with Crippen LogP contribution in [0.25, 0.3) is 0 Å². The van der Waals surface area contributed by atoms with Gasteiger partial charge in [0.25, 0.3) is 5.91 Å². The second-order valence-electron chi connectivity index (χ2n) is 5.47. The predicted molar refractivity (Wildman–Crippen MR) is 107 cm³/mol. The monoisotopic (exact) mass is 459 g/mol. The summed E-state index contributed by atoms with van der Waals surface area (Å²) in [7, 11) is -3.57. The van der Waals surface area contributed by atoms with Crippen LogP contribution in [-0.2, 0) is 10.0 Å². The third-order valence-electron chi connectivity index (χ3n) is 3.42. The normalized spacial score (nSPS) is 12.4. The average molecular weight is 460 g/mol. The molecule has 1 aromatic heterocycles. The number of thiocarbonyl (C=S) groups is 1. The molecule has 1 amide bonds. The summed E-state index contributed by atoms with van der Waals surface area (Å²) >= 11 is 8.18. The van der Waals surface area contributed by atoms with Crippen LogP contribution in [0.3, 0.4) is 0 Å². The van der Waals surface area contributed by atoms with E-state index in [0.29, 0.717) is 16.8 Å². The van der Waals surface area contributed by atoms with Crippen molar-refractivity contribution >= 4 is 54.9 Å². The zero-order valence-corrected chi connectivity index (χ0v) is 17.3. The first-order valence-electron chi connectivity index (χ1n) is 7.71. The lowest BCUT2D eigenvalue weighted by Crippen LogP contribution is -2.34. The van der Waals surface area contributed by atoms with Crippen molar-refractivity contribution in [3.05, 3.63) is 46.8 Å². The highest BCUT2D eigenvalue weighted by Crippen LogP contribution is 2.16. The van der Waals surface area contributed by atoms with Crippen LogP contribution in [0.15, 0.2) is 50.4 Å². The van der Waals surface area contributed by atoms with E-state index in [4.69, 9.17) is 16.6 Å². The molecule has 0 aliphatic rings. The Morgan fingerprint density at radius 3 is 2.42 bits per heavy atom. The molecule has 0 aliphatic heterocycles. The maximum atomic E-state index is 12.2. The van der Waals surface area contributed by atoms with Crippen molar-refractivity contribution in [2.45, 2.75) is 31.2 Å². The van der Waals surface area contributed by atoms with Crippen LogP contribution in [0.4, 0.5) is 5.69 Å². The summed E-state index contributed by atoms with van der Waals surface area (Å²) in [4.78, 5) is 12.1. The minimum atomic E-state index is -3.57. The number of amides is 1. The molecular weight excluding hydrogens is 442 g/mol. The molecule has 0 aliphatic carbocycles. The van der Waals surface area contributed by atoms with E-state index in [1.54, 1.807) is 25.1 Å². The van der Waals surface area contributed by atoms with Crippen molar-refractivity contribution in [3.8, 4) is 0 Å². The number of halogens is 1. The minimum Gasteiger partial charge on any atom is -0.444 e. The number of hydrogen-bond donors (Lipinski definition) is 3. The van der Waals surface area contributed by atoms with Gasteiger partial charge in [-0.1, -0.05) is 6.92 Å². The largest absolute Gasteiger partial charge is 0.444 e. The van der Waals surface area contributed by atoms with E-state index in [0.717, 1.165) is 0 Å². The molecule has 2 aromatic rings. The van der Waals surface area contributed by atoms with E-state index in [-0.39, 0.29) is 21.8 Å². The highest BCUT2D eigenvalue weighted by molar-refractivity contribution is 9.10. The number of nitrogens with one attached hydrogen (secondary N) is 3. The highest BCUT2D eigenvalue weighted by atomic mass is 79.9. The van der Waals surface area contributed by atoms with E-state index in [1.807, 2.05) is 6.92 Å². The van der Waals surface area contributed by atoms with Crippen LogP contribution in [0.2, 0.25) is 0 Å². The highest BCUT2D eigenvalue weighted by Gasteiger charge is 2.16. The molecule has 0 spiro atoms. The summed E-state index contributed by atoms with van der Waals surface area (Å²) in [6, 6.07) is 8.99. The fourth-order valence-electron chi connectivity index (χ4n) is 1.90. The minimum absolute atomic E-state index is 0.0656. The van der Waals surface area contributed by atoms with Gasteiger partial charge in [0.15, 0.2) is 15.5 Å². The molecule has 10 heteroatoms. The molecule has 1 heterocycles. The molecular formula is C16H18BrN3O4S2. The molecule has 26 heavy (non-hydrogen) atoms. The predicted octanol–water partition coefficient (Wildman–Crippen LogP) is 3.25. The van der Waals surface area contributed by atoms with Crippen LogP contribution < -0.4 is 15.4 Å². The van der Waals surface area contributed by atoms with Crippen LogP contribution in [0.1, 0.15) is 30.8 Å². The van der Waals surface area contributed by atoms with E-state index >= 15 is 0 Å². The molecule has 0 fully saturated rings. The molecule has 2 rings (SSSR count). The molecule has 1 unspecified atom stereocenters. The van der Waals surface area contributed by atoms with Crippen molar-refractivity contribution in [1.29, 1.82) is 0 Å². The van der Waals surface area contributed by atoms with Gasteiger partial charge in [-0.3, -0.25) is 10.1 Å². The average Bonchev–Trinajstić information content (AvgIpc) is 3.01. The SMILES string of the molecule is CCC(C)NS(=O)(=O)c1ccc(NC(=S)NC(=O)c2ccc(Br)o2)cc1. The van der Waals surface area contributed by atoms with Crippen molar-refractivity contribution in [2.24, 2.45) is 0 Å². The number of carbonyl (C=O) groups is 1. The molecule has 0 radical (unpaired) electrons. The first kappa shape index (κ1) is 20.6. The third kappa shape index (κ3) is 5.63. The first-order chi connectivity index (χ1) is 12.2. The van der Waals surface area contributed by atoms with E-state index in [1.165, 1.54) is 18.2 Å². The van der Waals surface area contributed by atoms with E-state index in [9.17, 15) is 13.2 Å². The zero-order valence-electron chi connectivity index (χ0n) is 14.1. The van der Waals surface area contributed by atoms with E-state index in [2.05, 4.69) is 31.3 Å². The standard InChI is InChI=1S/C16H18BrN3O4S2/c1-3-10(2)20-26(22,23)12-6-4-11(5-7-12)18-16(25)19-15(21)13-8-9-14(17)24-13/h4-10,20H,3H2,1-2H3,(H2,18,19,21,25). The van der Waals surface area contributed by atoms with Gasteiger partial charge in [0.05, 0.1) is 4.90 Å². The number of rotatable bonds is 6. The summed E-state index contributed by atoms with van der Waals surface area (Å²) in [5, 5.41) is 5.35. The van der Waals surface area contributed by atoms with Gasteiger partial charge in [-0.2, -0.15) is 0 Å². The summed E-state index contributed by atoms with van der Waals surface area (Å²) in [6.45, 7) is 3.70. The summed E-state index contributed by atoms with van der Waals surface area (Å²) in [6.07, 6.45) is 0.694. The van der Waals surface area contributed by atoms with Crippen LogP contribution >= 0.6 is 28.1 Å². The number of anilines is 1. The fourth-order valence-corrected chi connectivity index (χ4v) is 3.74. The van der Waals surface area contributed by atoms with Gasteiger partial charge in [0.1, 0.15) is 0 Å². The van der Waals surface area contributed by atoms with Crippen molar-refractivity contribution in [2.75, 3.05) is 5.32 Å². The van der Waals surface area contributed by atoms with Gasteiger partial charge >= 0.3 is 0 Å². The summed E-state index contributed by atoms with van der Waals surface area (Å²) in [5.41, 5.74) is 0.540. The molecule has 3 N–H and O–H groups in total. The topological polar surface area (TPSA) is 100 Å². The van der Waals surface area contributed by atoms with Gasteiger partial charge in [0, 0.05) is 11.7 Å². The van der Waals surface area contributed by atoms with Crippen molar-refractivity contribution in [1.82, 2.24) is 10.0 Å². The number of hydrogen-bond acceptors (Lipinski definition) is 5. The number of sulfonamides is 1. The Labute approximate surface area is 165 Å². The van der Waals surface area contributed by atoms with Gasteiger partial charge in [-0.15, -0.1) is 0 Å². The van der Waals surface area contributed by atoms with Gasteiger partial charge < -0.3 is 9.73 Å². The quantitative estimate of drug-likeness (QED) is 0.573. The van der Waals surface area contributed by atoms with E-state index < -0.39 is 15.9 Å². The molecule has 0 saturated heterocycles. The Kier molecular flexibility index (Phi) is 6.93. The molecule has 1 aromatic carbocycles. The molecule has 0 saturated carbocycles. The Balaban J connectivity index is 1.98. The lowest BCUT2D eigenvalue weighted by Gasteiger charge is -2.13. The third-order valence-corrected chi connectivity index (χ3v) is 5.65. The molecule has 0 bridgehead atoms. The first-order valence-corrected chi connectivity index (χ1v) is 10.4. The molecule has 7 nitrogen and oxygen atoms in total. The van der Waals surface area contributed by atoms with Crippen molar-refractivity contribution < 1.29 is 17.6 Å². The van der Waals surface area contributed by atoms with Gasteiger partial charge in [0.2, 0.25) is 10.0 Å². The number of benzene rings is 1. The maximum Gasteiger partial charge on any atom is 0.293 e. The Hall–Kier alpha value is -1.75. The lowest BCUT2D eigenvalue weighted by atomic mass is 10.3. The smallest absolute Gasteiger partial charge is 0.293 e. The maximum absolute atomic E-state index is 12.2. The fraction of sp³-hybridized carbons (Fsp3) is 0.250. The van der Waals surface area contributed by atoms with Gasteiger partial charge in [-0.05, 0) is 77.9 Å². The van der Waals surface area contributed by atoms with Gasteiger partial charge in [-0.25, -0.2) is 13.1 Å². The lowest BCUT2D eigenvalue weighted by molar-refractivity contribution is 0.0949. The van der Waals surface area contributed by atoms with Crippen molar-refractivity contribution in [3.63, 3.8) is 0 Å². The number of carbonyl (C=O) groups excluding carboxylic acids is 1. The number of furan rings is 1. The van der Waals surface area contributed by atoms with Crippen LogP contribution in [-0.4, -0.2) is 25.5 Å². The Morgan fingerprint density at radius 2 is 1.88 bits per heavy atom. The van der Waals surface area contributed by atoms with Crippen LogP contribution in [0.5, 0.6) is 0 Å². The Morgan fingerprint density at radius 1 is 1.23 bits per heavy atom. The molecule has 140 valence electrons. The second-order valence-corrected chi connectivity index (χ2v) is 8.37. The summed E-state index contributed by atoms with van der Waals surface area (Å²) < 4.78 is 32.6. The second kappa shape index (κ2) is 8.76. The zero-order chi connectivity index (χ0) is 19.3. The Bertz CT molecular complexity index is 894.